The molecule has 0 radical (unpaired) electrons. The Bertz CT molecular complexity index is 992. The van der Waals surface area contributed by atoms with E-state index >= 15 is 0 Å². The van der Waals surface area contributed by atoms with Crippen LogP contribution in [-0.4, -0.2) is 28.2 Å². The number of carbonyl (C=O) groups is 2. The predicted octanol–water partition coefficient (Wildman–Crippen LogP) is 5.45. The standard InChI is InChI=1S/C30H46N2O5/c1-18(7-12-26(34)31-17-20-8-11-25(37-20)28(35)32-36)21-9-10-22-27-23(13-15-30(21,22)3)29(2)14-5-4-6-19(29)16-24(27)33/h8,11,18-19,21-24,27,33,36H,4-7,9-10,12-17H2,1-3H3,(H,31,34)(H,32,35)/t18-,19?,21?,22?,23?,24?,27?,29?,30?/m1/s1. The lowest BCUT2D eigenvalue weighted by Gasteiger charge is -2.62. The molecule has 206 valence electrons. The summed E-state index contributed by atoms with van der Waals surface area (Å²) in [5.41, 5.74) is 2.22. The van der Waals surface area contributed by atoms with E-state index in [2.05, 4.69) is 26.1 Å². The molecule has 7 nitrogen and oxygen atoms in total. The van der Waals surface area contributed by atoms with Crippen LogP contribution in [0.2, 0.25) is 0 Å². The van der Waals surface area contributed by atoms with E-state index < -0.39 is 5.91 Å². The third kappa shape index (κ3) is 4.75. The van der Waals surface area contributed by atoms with E-state index in [1.54, 1.807) is 6.07 Å². The first-order valence-corrected chi connectivity index (χ1v) is 14.6. The Morgan fingerprint density at radius 2 is 1.86 bits per heavy atom. The topological polar surface area (TPSA) is 112 Å². The molecule has 4 aliphatic carbocycles. The zero-order chi connectivity index (χ0) is 26.4. The van der Waals surface area contributed by atoms with Crippen molar-refractivity contribution in [3.8, 4) is 0 Å². The van der Waals surface area contributed by atoms with Crippen molar-refractivity contribution in [2.24, 2.45) is 46.3 Å². The van der Waals surface area contributed by atoms with Crippen LogP contribution in [-0.2, 0) is 11.3 Å². The van der Waals surface area contributed by atoms with Gasteiger partial charge in [0.05, 0.1) is 12.6 Å². The minimum absolute atomic E-state index is 0.00945. The Labute approximate surface area is 221 Å². The number of nitrogens with one attached hydrogen (secondary N) is 2. The second kappa shape index (κ2) is 10.4. The highest BCUT2D eigenvalue weighted by molar-refractivity contribution is 5.90. The second-order valence-corrected chi connectivity index (χ2v) is 13.3. The van der Waals surface area contributed by atoms with Crippen molar-refractivity contribution in [1.82, 2.24) is 10.8 Å². The number of furan rings is 1. The van der Waals surface area contributed by atoms with Crippen molar-refractivity contribution in [2.75, 3.05) is 0 Å². The number of fused-ring (bicyclic) bond motifs is 5. The quantitative estimate of drug-likeness (QED) is 0.286. The number of hydrogen-bond acceptors (Lipinski definition) is 5. The van der Waals surface area contributed by atoms with Crippen LogP contribution < -0.4 is 10.8 Å². The van der Waals surface area contributed by atoms with Gasteiger partial charge >= 0.3 is 5.91 Å². The van der Waals surface area contributed by atoms with Gasteiger partial charge in [-0.05, 0) is 110 Å². The van der Waals surface area contributed by atoms with Crippen LogP contribution in [0, 0.1) is 46.3 Å². The van der Waals surface area contributed by atoms with E-state index in [-0.39, 0.29) is 29.7 Å². The van der Waals surface area contributed by atoms with Gasteiger partial charge in [0.25, 0.3) is 0 Å². The molecule has 2 amide bonds. The highest BCUT2D eigenvalue weighted by Gasteiger charge is 2.62. The summed E-state index contributed by atoms with van der Waals surface area (Å²) >= 11 is 0. The Morgan fingerprint density at radius 3 is 2.65 bits per heavy atom. The van der Waals surface area contributed by atoms with Crippen LogP contribution >= 0.6 is 0 Å². The predicted molar refractivity (Wildman–Crippen MR) is 139 cm³/mol. The van der Waals surface area contributed by atoms with Crippen LogP contribution in [0.3, 0.4) is 0 Å². The largest absolute Gasteiger partial charge is 0.454 e. The number of amides is 2. The van der Waals surface area contributed by atoms with E-state index in [9.17, 15) is 14.7 Å². The van der Waals surface area contributed by atoms with Gasteiger partial charge in [-0.25, -0.2) is 5.48 Å². The average molecular weight is 515 g/mol. The minimum atomic E-state index is -0.711. The van der Waals surface area contributed by atoms with E-state index in [1.807, 2.05) is 0 Å². The smallest absolute Gasteiger partial charge is 0.310 e. The highest BCUT2D eigenvalue weighted by atomic mass is 16.5. The van der Waals surface area contributed by atoms with Gasteiger partial charge in [-0.3, -0.25) is 14.8 Å². The fourth-order valence-electron chi connectivity index (χ4n) is 9.71. The summed E-state index contributed by atoms with van der Waals surface area (Å²) in [4.78, 5) is 24.0. The number of aliphatic hydroxyl groups is 1. The summed E-state index contributed by atoms with van der Waals surface area (Å²) in [5.74, 6) is 3.24. The summed E-state index contributed by atoms with van der Waals surface area (Å²) < 4.78 is 5.35. The van der Waals surface area contributed by atoms with E-state index in [1.165, 1.54) is 62.9 Å². The Morgan fingerprint density at radius 1 is 1.08 bits per heavy atom. The number of rotatable bonds is 7. The molecule has 0 bridgehead atoms. The fourth-order valence-corrected chi connectivity index (χ4v) is 9.71. The average Bonchev–Trinajstić information content (AvgIpc) is 3.50. The van der Waals surface area contributed by atoms with Crippen molar-refractivity contribution >= 4 is 11.8 Å². The van der Waals surface area contributed by atoms with Crippen LogP contribution in [0.4, 0.5) is 0 Å². The SMILES string of the molecule is C[C@H](CCC(=O)NCc1ccc(C(=O)NO)o1)C1CCC2C3C(O)CC4CCCCC4(C)C3CCC21C. The van der Waals surface area contributed by atoms with E-state index in [4.69, 9.17) is 9.62 Å². The summed E-state index contributed by atoms with van der Waals surface area (Å²) in [5, 5.41) is 23.0. The maximum absolute atomic E-state index is 12.6. The molecule has 4 saturated carbocycles. The molecule has 0 aliphatic heterocycles. The molecule has 1 heterocycles. The van der Waals surface area contributed by atoms with Crippen molar-refractivity contribution < 1.29 is 24.3 Å². The highest BCUT2D eigenvalue weighted by Crippen LogP contribution is 2.68. The van der Waals surface area contributed by atoms with Crippen molar-refractivity contribution in [3.63, 3.8) is 0 Å². The summed E-state index contributed by atoms with van der Waals surface area (Å²) in [7, 11) is 0. The first-order chi connectivity index (χ1) is 17.7. The summed E-state index contributed by atoms with van der Waals surface area (Å²) in [6.07, 6.45) is 12.5. The van der Waals surface area contributed by atoms with Crippen molar-refractivity contribution in [3.05, 3.63) is 23.7 Å². The zero-order valence-electron chi connectivity index (χ0n) is 22.8. The van der Waals surface area contributed by atoms with Gasteiger partial charge in [-0.1, -0.05) is 33.6 Å². The van der Waals surface area contributed by atoms with Crippen molar-refractivity contribution in [1.29, 1.82) is 0 Å². The van der Waals surface area contributed by atoms with Gasteiger partial charge in [-0.2, -0.15) is 0 Å². The first-order valence-electron chi connectivity index (χ1n) is 14.6. The van der Waals surface area contributed by atoms with Crippen LogP contribution in [0.25, 0.3) is 0 Å². The van der Waals surface area contributed by atoms with E-state index in [0.717, 1.165) is 12.8 Å². The lowest BCUT2D eigenvalue weighted by Crippen LogP contribution is -2.57. The third-order valence-electron chi connectivity index (χ3n) is 11.6. The molecule has 1 aromatic heterocycles. The maximum atomic E-state index is 12.6. The molecule has 4 fully saturated rings. The molecule has 8 unspecified atom stereocenters. The van der Waals surface area contributed by atoms with Gasteiger partial charge in [0.15, 0.2) is 5.76 Å². The monoisotopic (exact) mass is 514 g/mol. The molecule has 37 heavy (non-hydrogen) atoms. The van der Waals surface area contributed by atoms with Gasteiger partial charge < -0.3 is 14.8 Å². The second-order valence-electron chi connectivity index (χ2n) is 13.3. The fraction of sp³-hybridized carbons (Fsp3) is 0.800. The number of hydroxylamine groups is 1. The number of aliphatic hydroxyl groups excluding tert-OH is 1. The molecule has 7 heteroatoms. The molecule has 4 aliphatic rings. The summed E-state index contributed by atoms with van der Waals surface area (Å²) in [6, 6.07) is 3.10. The molecular formula is C30H46N2O5. The molecule has 1 aromatic rings. The molecule has 0 saturated heterocycles. The number of carbonyl (C=O) groups excluding carboxylic acids is 2. The molecule has 0 aromatic carbocycles. The Kier molecular flexibility index (Phi) is 7.49. The zero-order valence-corrected chi connectivity index (χ0v) is 22.8. The van der Waals surface area contributed by atoms with Crippen molar-refractivity contribution in [2.45, 2.75) is 104 Å². The minimum Gasteiger partial charge on any atom is -0.454 e. The first kappa shape index (κ1) is 26.7. The Hall–Kier alpha value is -1.86. The van der Waals surface area contributed by atoms with Gasteiger partial charge in [0, 0.05) is 6.42 Å². The maximum Gasteiger partial charge on any atom is 0.310 e. The molecule has 5 rings (SSSR count). The summed E-state index contributed by atoms with van der Waals surface area (Å²) in [6.45, 7) is 7.60. The lowest BCUT2D eigenvalue weighted by molar-refractivity contribution is -0.164. The third-order valence-corrected chi connectivity index (χ3v) is 11.6. The van der Waals surface area contributed by atoms with Gasteiger partial charge in [-0.15, -0.1) is 0 Å². The van der Waals surface area contributed by atoms with Gasteiger partial charge in [0.2, 0.25) is 5.91 Å². The normalized spacial score (nSPS) is 39.7. The molecule has 4 N–H and O–H groups in total. The number of hydrogen-bond donors (Lipinski definition) is 4. The van der Waals surface area contributed by atoms with Gasteiger partial charge in [0.1, 0.15) is 5.76 Å². The van der Waals surface area contributed by atoms with Crippen LogP contribution in [0.15, 0.2) is 16.5 Å². The molecule has 0 spiro atoms. The van der Waals surface area contributed by atoms with E-state index in [0.29, 0.717) is 53.1 Å². The Balaban J connectivity index is 1.17. The van der Waals surface area contributed by atoms with Crippen LogP contribution in [0.5, 0.6) is 0 Å². The molecule has 9 atom stereocenters. The lowest BCUT2D eigenvalue weighted by atomic mass is 9.44. The molecular weight excluding hydrogens is 468 g/mol. The van der Waals surface area contributed by atoms with Crippen LogP contribution in [0.1, 0.15) is 108 Å².